The Balaban J connectivity index is 3.12. The monoisotopic (exact) mass is 228 g/mol. The minimum atomic E-state index is -0.429. The van der Waals surface area contributed by atoms with Crippen LogP contribution in [0, 0.1) is 10.1 Å². The van der Waals surface area contributed by atoms with Crippen LogP contribution >= 0.6 is 11.6 Å². The Hall–Kier alpha value is -1.13. The van der Waals surface area contributed by atoms with Gasteiger partial charge in [0.15, 0.2) is 0 Å². The molecule has 0 aromatic heterocycles. The molecule has 0 spiro atoms. The van der Waals surface area contributed by atoms with E-state index in [9.17, 15) is 10.1 Å². The molecular formula is C10H13ClN2O2. The van der Waals surface area contributed by atoms with Crippen LogP contribution < -0.4 is 5.73 Å². The van der Waals surface area contributed by atoms with Crippen LogP contribution in [0.25, 0.3) is 0 Å². The molecular weight excluding hydrogens is 216 g/mol. The van der Waals surface area contributed by atoms with E-state index in [0.29, 0.717) is 17.0 Å². The van der Waals surface area contributed by atoms with E-state index in [1.54, 1.807) is 6.07 Å². The van der Waals surface area contributed by atoms with Gasteiger partial charge in [0.25, 0.3) is 5.69 Å². The van der Waals surface area contributed by atoms with Crippen LogP contribution in [0.4, 0.5) is 5.69 Å². The maximum Gasteiger partial charge on any atom is 0.274 e. The number of benzene rings is 1. The van der Waals surface area contributed by atoms with Crippen LogP contribution in [-0.2, 0) is 0 Å². The fraction of sp³-hybridized carbons (Fsp3) is 0.400. The van der Waals surface area contributed by atoms with Crippen molar-refractivity contribution in [2.75, 3.05) is 0 Å². The molecule has 1 rings (SSSR count). The molecule has 15 heavy (non-hydrogen) atoms. The average Bonchev–Trinajstić information content (AvgIpc) is 2.17. The van der Waals surface area contributed by atoms with Gasteiger partial charge in [-0.05, 0) is 18.6 Å². The third kappa shape index (κ3) is 2.91. The summed E-state index contributed by atoms with van der Waals surface area (Å²) in [5.74, 6) is 0. The molecule has 0 amide bonds. The SMILES string of the molecule is CCC[C@H](N)c1cc(Cl)ccc1[N+](=O)[O-]. The molecule has 0 bridgehead atoms. The lowest BCUT2D eigenvalue weighted by atomic mass is 10.0. The zero-order chi connectivity index (χ0) is 11.4. The van der Waals surface area contributed by atoms with Crippen molar-refractivity contribution in [3.8, 4) is 0 Å². The molecule has 5 heteroatoms. The Morgan fingerprint density at radius 3 is 2.80 bits per heavy atom. The summed E-state index contributed by atoms with van der Waals surface area (Å²) in [5.41, 5.74) is 6.40. The molecule has 0 aliphatic rings. The summed E-state index contributed by atoms with van der Waals surface area (Å²) in [5, 5.41) is 11.2. The lowest BCUT2D eigenvalue weighted by Crippen LogP contribution is -2.12. The maximum absolute atomic E-state index is 10.7. The average molecular weight is 229 g/mol. The van der Waals surface area contributed by atoms with Gasteiger partial charge >= 0.3 is 0 Å². The number of halogens is 1. The summed E-state index contributed by atoms with van der Waals surface area (Å²) in [6, 6.07) is 4.14. The molecule has 0 unspecified atom stereocenters. The first kappa shape index (κ1) is 11.9. The van der Waals surface area contributed by atoms with Crippen molar-refractivity contribution < 1.29 is 4.92 Å². The zero-order valence-corrected chi connectivity index (χ0v) is 9.20. The number of hydrogen-bond donors (Lipinski definition) is 1. The lowest BCUT2D eigenvalue weighted by Gasteiger charge is -2.11. The van der Waals surface area contributed by atoms with E-state index in [2.05, 4.69) is 0 Å². The molecule has 0 heterocycles. The molecule has 0 saturated carbocycles. The van der Waals surface area contributed by atoms with Gasteiger partial charge in [0.05, 0.1) is 4.92 Å². The van der Waals surface area contributed by atoms with Crippen molar-refractivity contribution in [1.29, 1.82) is 0 Å². The van der Waals surface area contributed by atoms with Crippen LogP contribution in [-0.4, -0.2) is 4.92 Å². The number of nitro groups is 1. The quantitative estimate of drug-likeness (QED) is 0.636. The van der Waals surface area contributed by atoms with Gasteiger partial charge in [-0.3, -0.25) is 10.1 Å². The molecule has 1 aromatic rings. The minimum absolute atomic E-state index is 0.0420. The summed E-state index contributed by atoms with van der Waals surface area (Å²) in [6.07, 6.45) is 1.59. The first-order valence-electron chi connectivity index (χ1n) is 4.75. The summed E-state index contributed by atoms with van der Waals surface area (Å²) in [6.45, 7) is 1.98. The van der Waals surface area contributed by atoms with Gasteiger partial charge in [0.1, 0.15) is 0 Å². The summed E-state index contributed by atoms with van der Waals surface area (Å²) in [4.78, 5) is 10.3. The fourth-order valence-corrected chi connectivity index (χ4v) is 1.64. The number of nitrogens with zero attached hydrogens (tertiary/aromatic N) is 1. The van der Waals surface area contributed by atoms with Crippen LogP contribution in [0.15, 0.2) is 18.2 Å². The number of hydrogen-bond acceptors (Lipinski definition) is 3. The maximum atomic E-state index is 10.7. The predicted molar refractivity (Wildman–Crippen MR) is 59.9 cm³/mol. The first-order chi connectivity index (χ1) is 7.06. The van der Waals surface area contributed by atoms with Crippen molar-refractivity contribution in [3.05, 3.63) is 38.9 Å². The van der Waals surface area contributed by atoms with E-state index in [-0.39, 0.29) is 11.7 Å². The number of rotatable bonds is 4. The molecule has 1 aromatic carbocycles. The van der Waals surface area contributed by atoms with Crippen LogP contribution in [0.3, 0.4) is 0 Å². The summed E-state index contributed by atoms with van der Waals surface area (Å²) < 4.78 is 0. The van der Waals surface area contributed by atoms with Crippen molar-refractivity contribution in [2.24, 2.45) is 5.73 Å². The van der Waals surface area contributed by atoms with E-state index < -0.39 is 4.92 Å². The van der Waals surface area contributed by atoms with E-state index in [4.69, 9.17) is 17.3 Å². The summed E-state index contributed by atoms with van der Waals surface area (Å²) >= 11 is 5.79. The fourth-order valence-electron chi connectivity index (χ4n) is 1.46. The van der Waals surface area contributed by atoms with Crippen molar-refractivity contribution in [1.82, 2.24) is 0 Å². The second kappa shape index (κ2) is 5.09. The third-order valence-electron chi connectivity index (χ3n) is 2.19. The van der Waals surface area contributed by atoms with Gasteiger partial charge in [-0.15, -0.1) is 0 Å². The molecule has 0 fully saturated rings. The Bertz CT molecular complexity index is 368. The molecule has 4 nitrogen and oxygen atoms in total. The van der Waals surface area contributed by atoms with E-state index in [0.717, 1.165) is 6.42 Å². The molecule has 82 valence electrons. The Labute approximate surface area is 93.2 Å². The molecule has 0 aliphatic carbocycles. The van der Waals surface area contributed by atoms with Crippen LogP contribution in [0.5, 0.6) is 0 Å². The van der Waals surface area contributed by atoms with Gasteiger partial charge in [-0.25, -0.2) is 0 Å². The minimum Gasteiger partial charge on any atom is -0.324 e. The van der Waals surface area contributed by atoms with E-state index in [1.807, 2.05) is 6.92 Å². The molecule has 0 saturated heterocycles. The second-order valence-electron chi connectivity index (χ2n) is 3.36. The van der Waals surface area contributed by atoms with E-state index in [1.165, 1.54) is 12.1 Å². The number of nitro benzene ring substituents is 1. The number of nitrogens with two attached hydrogens (primary N) is 1. The van der Waals surface area contributed by atoms with Crippen molar-refractivity contribution in [2.45, 2.75) is 25.8 Å². The molecule has 2 N–H and O–H groups in total. The topological polar surface area (TPSA) is 69.2 Å². The first-order valence-corrected chi connectivity index (χ1v) is 5.13. The van der Waals surface area contributed by atoms with Gasteiger partial charge < -0.3 is 5.73 Å². The normalized spacial score (nSPS) is 12.5. The van der Waals surface area contributed by atoms with Crippen molar-refractivity contribution in [3.63, 3.8) is 0 Å². The van der Waals surface area contributed by atoms with Gasteiger partial charge in [0.2, 0.25) is 0 Å². The predicted octanol–water partition coefficient (Wildman–Crippen LogP) is 3.05. The van der Waals surface area contributed by atoms with Crippen LogP contribution in [0.1, 0.15) is 31.4 Å². The highest BCUT2D eigenvalue weighted by Gasteiger charge is 2.18. The summed E-state index contributed by atoms with van der Waals surface area (Å²) in [7, 11) is 0. The highest BCUT2D eigenvalue weighted by atomic mass is 35.5. The standard InChI is InChI=1S/C10H13ClN2O2/c1-2-3-9(12)8-6-7(11)4-5-10(8)13(14)15/h4-6,9H,2-3,12H2,1H3/t9-/m0/s1. The Morgan fingerprint density at radius 2 is 2.27 bits per heavy atom. The van der Waals surface area contributed by atoms with Gasteiger partial charge in [0, 0.05) is 22.7 Å². The largest absolute Gasteiger partial charge is 0.324 e. The Morgan fingerprint density at radius 1 is 1.60 bits per heavy atom. The van der Waals surface area contributed by atoms with Gasteiger partial charge in [-0.1, -0.05) is 24.9 Å². The molecule has 0 aliphatic heterocycles. The van der Waals surface area contributed by atoms with E-state index >= 15 is 0 Å². The van der Waals surface area contributed by atoms with Crippen molar-refractivity contribution >= 4 is 17.3 Å². The Kier molecular flexibility index (Phi) is 4.05. The second-order valence-corrected chi connectivity index (χ2v) is 3.79. The smallest absolute Gasteiger partial charge is 0.274 e. The van der Waals surface area contributed by atoms with Gasteiger partial charge in [-0.2, -0.15) is 0 Å². The highest BCUT2D eigenvalue weighted by Crippen LogP contribution is 2.29. The molecule has 0 radical (unpaired) electrons. The molecule has 1 atom stereocenters. The highest BCUT2D eigenvalue weighted by molar-refractivity contribution is 6.30. The zero-order valence-electron chi connectivity index (χ0n) is 8.44. The third-order valence-corrected chi connectivity index (χ3v) is 2.42. The lowest BCUT2D eigenvalue weighted by molar-refractivity contribution is -0.385. The van der Waals surface area contributed by atoms with Crippen LogP contribution in [0.2, 0.25) is 5.02 Å².